The first kappa shape index (κ1) is 19.9. The van der Waals surface area contributed by atoms with Crippen LogP contribution >= 0.6 is 23.2 Å². The highest BCUT2D eigenvalue weighted by Gasteiger charge is 2.44. The molecule has 29 heavy (non-hydrogen) atoms. The first-order valence-electron chi connectivity index (χ1n) is 9.37. The summed E-state index contributed by atoms with van der Waals surface area (Å²) in [6.07, 6.45) is 0.824. The Morgan fingerprint density at radius 1 is 1.21 bits per heavy atom. The summed E-state index contributed by atoms with van der Waals surface area (Å²) >= 11 is 12.1. The van der Waals surface area contributed by atoms with Crippen molar-refractivity contribution >= 4 is 34.8 Å². The van der Waals surface area contributed by atoms with Crippen molar-refractivity contribution in [3.8, 4) is 0 Å². The predicted molar refractivity (Wildman–Crippen MR) is 113 cm³/mol. The van der Waals surface area contributed by atoms with Crippen molar-refractivity contribution in [1.82, 2.24) is 9.78 Å². The van der Waals surface area contributed by atoms with E-state index in [1.165, 1.54) is 12.1 Å². The van der Waals surface area contributed by atoms with Gasteiger partial charge in [0.15, 0.2) is 0 Å². The molecule has 1 fully saturated rings. The number of rotatable bonds is 5. The summed E-state index contributed by atoms with van der Waals surface area (Å²) in [4.78, 5) is 12.8. The minimum absolute atomic E-state index is 0.00415. The van der Waals surface area contributed by atoms with Crippen molar-refractivity contribution in [1.29, 1.82) is 0 Å². The topological polar surface area (TPSA) is 46.9 Å². The van der Waals surface area contributed by atoms with Gasteiger partial charge in [-0.15, -0.1) is 0 Å². The van der Waals surface area contributed by atoms with Gasteiger partial charge in [0.25, 0.3) is 0 Å². The van der Waals surface area contributed by atoms with Crippen LogP contribution in [0.2, 0.25) is 10.0 Å². The average molecular weight is 432 g/mol. The number of carbonyl (C=O) groups is 1. The number of aromatic nitrogens is 2. The van der Waals surface area contributed by atoms with Gasteiger partial charge in [-0.3, -0.25) is 9.48 Å². The Balaban J connectivity index is 1.47. The molecule has 0 bridgehead atoms. The normalized spacial score (nSPS) is 18.0. The molecular weight excluding hydrogens is 412 g/mol. The highest BCUT2D eigenvalue weighted by molar-refractivity contribution is 6.31. The maximum absolute atomic E-state index is 13.3. The van der Waals surface area contributed by atoms with E-state index in [2.05, 4.69) is 10.4 Å². The molecule has 1 heterocycles. The molecule has 2 unspecified atom stereocenters. The van der Waals surface area contributed by atoms with Gasteiger partial charge in [-0.25, -0.2) is 4.39 Å². The molecule has 1 amide bonds. The highest BCUT2D eigenvalue weighted by Crippen LogP contribution is 2.48. The summed E-state index contributed by atoms with van der Waals surface area (Å²) in [6.45, 7) is 4.16. The van der Waals surface area contributed by atoms with E-state index in [0.717, 1.165) is 34.6 Å². The number of benzene rings is 2. The van der Waals surface area contributed by atoms with Gasteiger partial charge in [-0.2, -0.15) is 5.10 Å². The zero-order valence-electron chi connectivity index (χ0n) is 16.0. The third-order valence-electron chi connectivity index (χ3n) is 5.39. The van der Waals surface area contributed by atoms with Crippen molar-refractivity contribution in [3.05, 3.63) is 80.8 Å². The van der Waals surface area contributed by atoms with Gasteiger partial charge in [0.2, 0.25) is 5.91 Å². The second-order valence-corrected chi connectivity index (χ2v) is 8.27. The van der Waals surface area contributed by atoms with E-state index in [1.807, 2.05) is 38.1 Å². The lowest BCUT2D eigenvalue weighted by molar-refractivity contribution is -0.117. The molecule has 1 N–H and O–H groups in total. The first-order valence-corrected chi connectivity index (χ1v) is 10.1. The smallest absolute Gasteiger partial charge is 0.228 e. The zero-order chi connectivity index (χ0) is 20.7. The Kier molecular flexibility index (Phi) is 5.36. The average Bonchev–Trinajstić information content (AvgIpc) is 3.43. The van der Waals surface area contributed by atoms with Crippen molar-refractivity contribution in [2.75, 3.05) is 5.32 Å². The maximum Gasteiger partial charge on any atom is 0.228 e. The lowest BCUT2D eigenvalue weighted by atomic mass is 10.1. The molecule has 7 heteroatoms. The molecule has 2 aromatic carbocycles. The van der Waals surface area contributed by atoms with Crippen LogP contribution in [0.5, 0.6) is 0 Å². The molecule has 0 spiro atoms. The van der Waals surface area contributed by atoms with Crippen molar-refractivity contribution < 1.29 is 9.18 Å². The molecule has 0 saturated heterocycles. The molecule has 1 aliphatic rings. The van der Waals surface area contributed by atoms with Crippen LogP contribution in [-0.4, -0.2) is 15.7 Å². The monoisotopic (exact) mass is 431 g/mol. The fraction of sp³-hybridized carbons (Fsp3) is 0.273. The van der Waals surface area contributed by atoms with Crippen LogP contribution in [-0.2, 0) is 11.3 Å². The first-order chi connectivity index (χ1) is 13.8. The summed E-state index contributed by atoms with van der Waals surface area (Å²) in [6, 6.07) is 12.0. The van der Waals surface area contributed by atoms with Crippen LogP contribution in [0.25, 0.3) is 0 Å². The van der Waals surface area contributed by atoms with Gasteiger partial charge in [0.1, 0.15) is 5.82 Å². The Labute approximate surface area is 178 Å². The molecule has 1 aliphatic carbocycles. The molecule has 0 aliphatic heterocycles. The van der Waals surface area contributed by atoms with E-state index in [-0.39, 0.29) is 23.6 Å². The third kappa shape index (κ3) is 4.16. The maximum atomic E-state index is 13.3. The van der Waals surface area contributed by atoms with Gasteiger partial charge in [0, 0.05) is 16.0 Å². The SMILES string of the molecule is Cc1nn(Cc2ccc(F)cc2Cl)c(C)c1NC(=O)C1CC1c1ccc(Cl)cc1. The van der Waals surface area contributed by atoms with Gasteiger partial charge in [0.05, 0.1) is 23.6 Å². The van der Waals surface area contributed by atoms with Crippen LogP contribution in [0.4, 0.5) is 10.1 Å². The van der Waals surface area contributed by atoms with Crippen molar-refractivity contribution in [3.63, 3.8) is 0 Å². The van der Waals surface area contributed by atoms with Gasteiger partial charge < -0.3 is 5.32 Å². The van der Waals surface area contributed by atoms with Crippen LogP contribution in [0, 0.1) is 25.6 Å². The summed E-state index contributed by atoms with van der Waals surface area (Å²) in [7, 11) is 0. The number of amides is 1. The van der Waals surface area contributed by atoms with Gasteiger partial charge in [-0.1, -0.05) is 41.4 Å². The lowest BCUT2D eigenvalue weighted by Gasteiger charge is -2.09. The molecule has 2 atom stereocenters. The van der Waals surface area contributed by atoms with Crippen LogP contribution in [0.15, 0.2) is 42.5 Å². The van der Waals surface area contributed by atoms with E-state index >= 15 is 0 Å². The fourth-order valence-electron chi connectivity index (χ4n) is 3.62. The molecular formula is C22H20Cl2FN3O. The van der Waals surface area contributed by atoms with E-state index in [4.69, 9.17) is 23.2 Å². The number of nitrogens with zero attached hydrogens (tertiary/aromatic N) is 2. The van der Waals surface area contributed by atoms with Gasteiger partial charge >= 0.3 is 0 Å². The predicted octanol–water partition coefficient (Wildman–Crippen LogP) is 5.74. The highest BCUT2D eigenvalue weighted by atomic mass is 35.5. The minimum Gasteiger partial charge on any atom is -0.323 e. The van der Waals surface area contributed by atoms with Crippen LogP contribution in [0.1, 0.15) is 34.9 Å². The summed E-state index contributed by atoms with van der Waals surface area (Å²) in [5.41, 5.74) is 4.18. The number of nitrogens with one attached hydrogen (secondary N) is 1. The third-order valence-corrected chi connectivity index (χ3v) is 5.99. The number of hydrogen-bond acceptors (Lipinski definition) is 2. The zero-order valence-corrected chi connectivity index (χ0v) is 17.6. The molecule has 1 saturated carbocycles. The summed E-state index contributed by atoms with van der Waals surface area (Å²) in [5, 5.41) is 8.61. The molecule has 0 radical (unpaired) electrons. The minimum atomic E-state index is -0.375. The number of halogens is 3. The quantitative estimate of drug-likeness (QED) is 0.559. The summed E-state index contributed by atoms with van der Waals surface area (Å²) in [5.74, 6) is -0.207. The number of carbonyl (C=O) groups excluding carboxylic acids is 1. The molecule has 4 rings (SSSR count). The molecule has 3 aromatic rings. The second kappa shape index (κ2) is 7.81. The van der Waals surface area contributed by atoms with Gasteiger partial charge in [-0.05, 0) is 61.6 Å². The van der Waals surface area contributed by atoms with E-state index in [1.54, 1.807) is 10.7 Å². The number of aryl methyl sites for hydroxylation is 1. The van der Waals surface area contributed by atoms with Crippen molar-refractivity contribution in [2.24, 2.45) is 5.92 Å². The Bertz CT molecular complexity index is 1080. The van der Waals surface area contributed by atoms with Crippen LogP contribution in [0.3, 0.4) is 0 Å². The number of anilines is 1. The van der Waals surface area contributed by atoms with E-state index < -0.39 is 0 Å². The molecule has 1 aromatic heterocycles. The van der Waals surface area contributed by atoms with Crippen molar-refractivity contribution in [2.45, 2.75) is 32.7 Å². The van der Waals surface area contributed by atoms with Crippen LogP contribution < -0.4 is 5.32 Å². The fourth-order valence-corrected chi connectivity index (χ4v) is 3.98. The standard InChI is InChI=1S/C22H20Cl2FN3O/c1-12-21(13(2)28(27-12)11-15-5-8-17(25)9-20(15)24)26-22(29)19-10-18(19)14-3-6-16(23)7-4-14/h3-9,18-19H,10-11H2,1-2H3,(H,26,29). The summed E-state index contributed by atoms with van der Waals surface area (Å²) < 4.78 is 15.0. The lowest BCUT2D eigenvalue weighted by Crippen LogP contribution is -2.16. The Morgan fingerprint density at radius 2 is 1.93 bits per heavy atom. The Hall–Kier alpha value is -2.37. The largest absolute Gasteiger partial charge is 0.323 e. The number of hydrogen-bond donors (Lipinski definition) is 1. The Morgan fingerprint density at radius 3 is 2.62 bits per heavy atom. The van der Waals surface area contributed by atoms with E-state index in [9.17, 15) is 9.18 Å². The second-order valence-electron chi connectivity index (χ2n) is 7.43. The van der Waals surface area contributed by atoms with E-state index in [0.29, 0.717) is 16.6 Å². The molecule has 150 valence electrons. The molecule has 4 nitrogen and oxygen atoms in total.